The third-order valence-electron chi connectivity index (χ3n) is 7.79. The molecule has 1 aromatic heterocycles. The first-order valence-corrected chi connectivity index (χ1v) is 12.7. The molecule has 34 heavy (non-hydrogen) atoms. The molecule has 4 aliphatic rings. The van der Waals surface area contributed by atoms with Crippen LogP contribution in [0.25, 0.3) is 0 Å². The number of hydrogen-bond donors (Lipinski definition) is 1. The van der Waals surface area contributed by atoms with Gasteiger partial charge in [-0.05, 0) is 56.1 Å². The summed E-state index contributed by atoms with van der Waals surface area (Å²) >= 11 is 0. The molecule has 2 amide bonds. The fraction of sp³-hybridized carbons (Fsp3) is 0.654. The standard InChI is InChI=1S/C26H37N5O3/c1-16(2)26(33)30-10-8-19-20(14-30)24(18-6-7-18)28-25(23(19)27)29-11-12-31(22(32)9-13-34-3)21(15-29)17-4-5-17/h17-18,21H,1,4-15,27H2,2-3H3/t21-/m0/s1. The van der Waals surface area contributed by atoms with Gasteiger partial charge in [-0.2, -0.15) is 0 Å². The molecule has 3 fully saturated rings. The van der Waals surface area contributed by atoms with Crippen molar-refractivity contribution in [3.05, 3.63) is 29.0 Å². The molecule has 0 bridgehead atoms. The maximum atomic E-state index is 12.8. The van der Waals surface area contributed by atoms with Gasteiger partial charge in [-0.15, -0.1) is 0 Å². The fourth-order valence-corrected chi connectivity index (χ4v) is 5.58. The zero-order valence-electron chi connectivity index (χ0n) is 20.5. The topological polar surface area (TPSA) is 92.0 Å². The van der Waals surface area contributed by atoms with Crippen LogP contribution in [0, 0.1) is 5.92 Å². The molecule has 0 spiro atoms. The van der Waals surface area contributed by atoms with E-state index in [4.69, 9.17) is 15.5 Å². The van der Waals surface area contributed by atoms with E-state index in [1.165, 1.54) is 18.4 Å². The van der Waals surface area contributed by atoms with E-state index in [0.29, 0.717) is 50.1 Å². The quantitative estimate of drug-likeness (QED) is 0.620. The van der Waals surface area contributed by atoms with Crippen molar-refractivity contribution in [1.29, 1.82) is 0 Å². The van der Waals surface area contributed by atoms with Crippen LogP contribution in [0.1, 0.15) is 61.8 Å². The Morgan fingerprint density at radius 3 is 2.56 bits per heavy atom. The molecule has 2 aliphatic heterocycles. The normalized spacial score (nSPS) is 22.5. The molecule has 2 aliphatic carbocycles. The number of piperazine rings is 1. The Kier molecular flexibility index (Phi) is 6.27. The molecular weight excluding hydrogens is 430 g/mol. The summed E-state index contributed by atoms with van der Waals surface area (Å²) in [6, 6.07) is 0.211. The second kappa shape index (κ2) is 9.21. The monoisotopic (exact) mass is 467 g/mol. The molecule has 5 rings (SSSR count). The Morgan fingerprint density at radius 1 is 1.15 bits per heavy atom. The predicted octanol–water partition coefficient (Wildman–Crippen LogP) is 2.47. The third-order valence-corrected chi connectivity index (χ3v) is 7.79. The summed E-state index contributed by atoms with van der Waals surface area (Å²) in [6.45, 7) is 9.51. The average Bonchev–Trinajstić information content (AvgIpc) is 3.75. The van der Waals surface area contributed by atoms with E-state index in [9.17, 15) is 9.59 Å². The van der Waals surface area contributed by atoms with Crippen molar-refractivity contribution in [2.45, 2.75) is 64.0 Å². The smallest absolute Gasteiger partial charge is 0.249 e. The Bertz CT molecular complexity index is 1000. The van der Waals surface area contributed by atoms with Gasteiger partial charge in [-0.3, -0.25) is 9.59 Å². The first-order valence-electron chi connectivity index (χ1n) is 12.7. The van der Waals surface area contributed by atoms with E-state index < -0.39 is 0 Å². The number of hydrogen-bond acceptors (Lipinski definition) is 6. The number of carbonyl (C=O) groups excluding carboxylic acids is 2. The van der Waals surface area contributed by atoms with Crippen molar-refractivity contribution in [2.24, 2.45) is 5.92 Å². The molecular formula is C26H37N5O3. The second-order valence-corrected chi connectivity index (χ2v) is 10.4. The van der Waals surface area contributed by atoms with Gasteiger partial charge in [0.05, 0.1) is 30.5 Å². The van der Waals surface area contributed by atoms with Gasteiger partial charge in [0.15, 0.2) is 5.82 Å². The minimum Gasteiger partial charge on any atom is -0.396 e. The maximum absolute atomic E-state index is 12.8. The highest BCUT2D eigenvalue weighted by Crippen LogP contribution is 2.46. The average molecular weight is 468 g/mol. The van der Waals surface area contributed by atoms with Gasteiger partial charge in [-0.1, -0.05) is 6.58 Å². The molecule has 2 saturated carbocycles. The lowest BCUT2D eigenvalue weighted by molar-refractivity contribution is -0.135. The SMILES string of the molecule is C=C(C)C(=O)N1CCc2c(N)c(N3CCN(C(=O)CCOC)[C@H](C4CC4)C3)nc(C3CC3)c2C1. The number of ether oxygens (including phenoxy) is 1. The van der Waals surface area contributed by atoms with Crippen LogP contribution in [0.2, 0.25) is 0 Å². The number of aromatic nitrogens is 1. The molecule has 3 heterocycles. The summed E-state index contributed by atoms with van der Waals surface area (Å²) < 4.78 is 5.14. The summed E-state index contributed by atoms with van der Waals surface area (Å²) in [7, 11) is 1.64. The fourth-order valence-electron chi connectivity index (χ4n) is 5.58. The number of nitrogens with two attached hydrogens (primary N) is 1. The van der Waals surface area contributed by atoms with Crippen molar-refractivity contribution in [3.63, 3.8) is 0 Å². The molecule has 0 radical (unpaired) electrons. The van der Waals surface area contributed by atoms with E-state index in [-0.39, 0.29) is 17.9 Å². The lowest BCUT2D eigenvalue weighted by Gasteiger charge is -2.43. The summed E-state index contributed by atoms with van der Waals surface area (Å²) in [5, 5.41) is 0. The molecule has 8 nitrogen and oxygen atoms in total. The van der Waals surface area contributed by atoms with Crippen LogP contribution >= 0.6 is 0 Å². The Labute approximate surface area is 202 Å². The zero-order valence-corrected chi connectivity index (χ0v) is 20.5. The van der Waals surface area contributed by atoms with Gasteiger partial charge >= 0.3 is 0 Å². The van der Waals surface area contributed by atoms with Crippen molar-refractivity contribution in [1.82, 2.24) is 14.8 Å². The van der Waals surface area contributed by atoms with Gasteiger partial charge in [0, 0.05) is 51.3 Å². The number of carbonyl (C=O) groups is 2. The molecule has 1 aromatic rings. The van der Waals surface area contributed by atoms with Gasteiger partial charge in [0.2, 0.25) is 11.8 Å². The van der Waals surface area contributed by atoms with E-state index in [0.717, 1.165) is 55.1 Å². The lowest BCUT2D eigenvalue weighted by atomic mass is 9.94. The molecule has 184 valence electrons. The van der Waals surface area contributed by atoms with Crippen LogP contribution in [-0.4, -0.2) is 72.5 Å². The Balaban J connectivity index is 1.42. The summed E-state index contributed by atoms with van der Waals surface area (Å²) in [6.07, 6.45) is 5.83. The van der Waals surface area contributed by atoms with Gasteiger partial charge in [-0.25, -0.2) is 4.98 Å². The number of fused-ring (bicyclic) bond motifs is 1. The number of anilines is 2. The van der Waals surface area contributed by atoms with E-state index in [1.807, 2.05) is 4.90 Å². The minimum absolute atomic E-state index is 0.0107. The summed E-state index contributed by atoms with van der Waals surface area (Å²) in [4.78, 5) is 36.9. The Morgan fingerprint density at radius 2 is 1.91 bits per heavy atom. The number of rotatable bonds is 7. The number of nitrogen functional groups attached to an aromatic ring is 1. The van der Waals surface area contributed by atoms with Crippen LogP contribution in [0.3, 0.4) is 0 Å². The summed E-state index contributed by atoms with van der Waals surface area (Å²) in [5.74, 6) is 2.11. The minimum atomic E-state index is 0.0107. The highest BCUT2D eigenvalue weighted by Gasteiger charge is 2.42. The van der Waals surface area contributed by atoms with Crippen LogP contribution in [-0.2, 0) is 27.3 Å². The van der Waals surface area contributed by atoms with Crippen LogP contribution in [0.15, 0.2) is 12.2 Å². The number of methoxy groups -OCH3 is 1. The van der Waals surface area contributed by atoms with E-state index in [2.05, 4.69) is 16.4 Å². The lowest BCUT2D eigenvalue weighted by Crippen LogP contribution is -2.56. The molecule has 1 saturated heterocycles. The van der Waals surface area contributed by atoms with E-state index >= 15 is 0 Å². The number of nitrogens with zero attached hydrogens (tertiary/aromatic N) is 4. The maximum Gasteiger partial charge on any atom is 0.249 e. The van der Waals surface area contributed by atoms with Crippen molar-refractivity contribution in [2.75, 3.05) is 50.5 Å². The second-order valence-electron chi connectivity index (χ2n) is 10.4. The van der Waals surface area contributed by atoms with Crippen molar-refractivity contribution in [3.8, 4) is 0 Å². The molecule has 2 N–H and O–H groups in total. The third kappa shape index (κ3) is 4.40. The van der Waals surface area contributed by atoms with E-state index in [1.54, 1.807) is 14.0 Å². The molecule has 0 unspecified atom stereocenters. The highest BCUT2D eigenvalue weighted by molar-refractivity contribution is 5.92. The Hall–Kier alpha value is -2.61. The molecule has 1 atom stereocenters. The predicted molar refractivity (Wildman–Crippen MR) is 131 cm³/mol. The van der Waals surface area contributed by atoms with Crippen LogP contribution in [0.4, 0.5) is 11.5 Å². The summed E-state index contributed by atoms with van der Waals surface area (Å²) in [5.41, 5.74) is 11.5. The zero-order chi connectivity index (χ0) is 24.0. The van der Waals surface area contributed by atoms with Crippen LogP contribution < -0.4 is 10.6 Å². The first kappa shape index (κ1) is 23.1. The van der Waals surface area contributed by atoms with Crippen molar-refractivity contribution < 1.29 is 14.3 Å². The highest BCUT2D eigenvalue weighted by atomic mass is 16.5. The van der Waals surface area contributed by atoms with Gasteiger partial charge in [0.25, 0.3) is 0 Å². The van der Waals surface area contributed by atoms with Crippen molar-refractivity contribution >= 4 is 23.3 Å². The van der Waals surface area contributed by atoms with Gasteiger partial charge < -0.3 is 25.2 Å². The van der Waals surface area contributed by atoms with Crippen LogP contribution in [0.5, 0.6) is 0 Å². The van der Waals surface area contributed by atoms with Gasteiger partial charge in [0.1, 0.15) is 0 Å². The number of amides is 2. The molecule has 8 heteroatoms. The first-order chi connectivity index (χ1) is 16.4. The largest absolute Gasteiger partial charge is 0.396 e. The number of pyridine rings is 1. The molecule has 0 aromatic carbocycles.